The van der Waals surface area contributed by atoms with E-state index in [0.29, 0.717) is 89.8 Å². The van der Waals surface area contributed by atoms with Crippen molar-refractivity contribution in [1.29, 1.82) is 0 Å². The lowest BCUT2D eigenvalue weighted by molar-refractivity contribution is -0.125. The number of aryl methyl sites for hydroxylation is 1. The normalized spacial score (nSPS) is 22.5. The molecule has 10 aromatic rings. The molecule has 0 aromatic heterocycles. The van der Waals surface area contributed by atoms with Gasteiger partial charge in [-0.25, -0.2) is 65.7 Å². The fourth-order valence-corrected chi connectivity index (χ4v) is 23.2. The van der Waals surface area contributed by atoms with Crippen LogP contribution in [-0.4, -0.2) is 97.1 Å². The number of carbonyl (C=O) groups excluding carboxylic acids is 7. The van der Waals surface area contributed by atoms with Crippen LogP contribution in [-0.2, 0) is 116 Å². The van der Waals surface area contributed by atoms with Crippen molar-refractivity contribution in [3.63, 3.8) is 0 Å². The standard InChI is InChI=1S/2C22H24N2O5S.2C22H23NO4S.C21H24N2O4S/c1-4-17-13-22(17,3)21(26)24-30(27,28)19-12-8-9-16(20(19)23-15(2)25)14-29-18-10-6-5-7-11-18;1-4-17-13-22(17,3)21(26)24-30(27,28)20-12-16(10-11-19(20)23-15(2)25)14-29-18-8-6-5-7-9-18;1-3-17-14-22(17,2)21(24)23-28(25,26)18-11-9-16-10-12-19(27-20(16)13-18)15-7-5-4-6-8-15;1-3-18-13-22(18,2)21(24)23-28(25,26)19-10-9-16-11-17(14-27-20(16)12-19)15-7-5-4-6-8-15;1-4-16-13-21(16,2)20(24)23-28(25,26)18-12-8-9-15(19(18)22-3)14-27-17-10-6-5-7-11-17/h2*4-12,17H,1,13-14H2,2-3H3,(H,23,25)(H,24,26);3-9,11,13,17,19H,1,10,12,14H2,2H3,(H,23,24);3-10,12,17-18H,1,11,13-14H2,2H3,(H,23,24);4-12,16,22H,1,13-14H2,2-3H3,(H,23,24)/t2*17-,22+;17-,19?,22+;17?,18-,22+;16-,21+/m11111/s1. The van der Waals surface area contributed by atoms with Crippen LogP contribution in [0.25, 0.3) is 0 Å². The Kier molecular flexibility index (Phi) is 32.9. The van der Waals surface area contributed by atoms with E-state index >= 15 is 0 Å². The zero-order valence-corrected chi connectivity index (χ0v) is 85.1. The van der Waals surface area contributed by atoms with Crippen LogP contribution in [0.1, 0.15) is 138 Å². The first-order valence-electron chi connectivity index (χ1n) is 46.6. The Balaban J connectivity index is 0.000000151. The molecule has 7 aliphatic rings. The molecule has 10 aromatic carbocycles. The van der Waals surface area contributed by atoms with E-state index in [1.807, 2.05) is 115 Å². The molecule has 2 aliphatic heterocycles. The summed E-state index contributed by atoms with van der Waals surface area (Å²) in [6.45, 7) is 30.4. The van der Waals surface area contributed by atoms with Crippen LogP contribution >= 0.6 is 0 Å². The van der Waals surface area contributed by atoms with E-state index in [9.17, 15) is 75.7 Å². The molecular formula is C109H118N8O22S5. The fraction of sp³-hybridized carbons (Fsp3) is 0.294. The summed E-state index contributed by atoms with van der Waals surface area (Å²) < 4.78 is 169. The maximum atomic E-state index is 13.0. The first kappa shape index (κ1) is 107. The maximum absolute atomic E-state index is 13.0. The highest BCUT2D eigenvalue weighted by atomic mass is 32.2. The summed E-state index contributed by atoms with van der Waals surface area (Å²) in [6, 6.07) is 70.9. The Morgan fingerprint density at radius 2 is 0.729 bits per heavy atom. The molecule has 756 valence electrons. The summed E-state index contributed by atoms with van der Waals surface area (Å²) in [5.41, 5.74) is 2.78. The molecule has 0 spiro atoms. The fourth-order valence-electron chi connectivity index (χ4n) is 17.0. The number of benzene rings is 10. The highest BCUT2D eigenvalue weighted by molar-refractivity contribution is 7.91. The van der Waals surface area contributed by atoms with Crippen LogP contribution in [0, 0.1) is 56.7 Å². The van der Waals surface area contributed by atoms with E-state index in [1.165, 1.54) is 67.9 Å². The molecule has 35 heteroatoms. The summed E-state index contributed by atoms with van der Waals surface area (Å²) in [7, 11) is -18.7. The number of carbonyl (C=O) groups is 7. The minimum atomic E-state index is -4.22. The van der Waals surface area contributed by atoms with Gasteiger partial charge in [-0.15, -0.1) is 32.9 Å². The third-order valence-electron chi connectivity index (χ3n) is 27.1. The number of ether oxygens (including phenoxy) is 5. The number of amides is 7. The van der Waals surface area contributed by atoms with Gasteiger partial charge < -0.3 is 39.6 Å². The number of anilines is 3. The molecule has 0 bridgehead atoms. The predicted octanol–water partition coefficient (Wildman–Crippen LogP) is 17.0. The summed E-state index contributed by atoms with van der Waals surface area (Å²) in [5, 5.41) is 8.00. The van der Waals surface area contributed by atoms with Gasteiger partial charge in [0.1, 0.15) is 69.4 Å². The topological polar surface area (TPSA) is 433 Å². The van der Waals surface area contributed by atoms with Gasteiger partial charge in [-0.05, 0) is 182 Å². The van der Waals surface area contributed by atoms with Crippen molar-refractivity contribution in [3.05, 3.63) is 345 Å². The van der Waals surface area contributed by atoms with E-state index < -0.39 is 119 Å². The average Bonchev–Trinajstić information content (AvgIpc) is 1.61. The van der Waals surface area contributed by atoms with Crippen molar-refractivity contribution >= 4 is 109 Å². The van der Waals surface area contributed by atoms with Crippen LogP contribution in [0.15, 0.2) is 330 Å². The molecule has 5 aliphatic carbocycles. The minimum absolute atomic E-state index is 0.00271. The molecule has 17 rings (SSSR count). The number of fused-ring (bicyclic) bond motifs is 2. The number of rotatable bonds is 34. The van der Waals surface area contributed by atoms with Crippen LogP contribution in [0.3, 0.4) is 0 Å². The van der Waals surface area contributed by atoms with Gasteiger partial charge in [-0.1, -0.05) is 223 Å². The lowest BCUT2D eigenvalue weighted by atomic mass is 9.90. The minimum Gasteiger partial charge on any atom is -0.493 e. The van der Waals surface area contributed by atoms with E-state index in [4.69, 9.17) is 23.7 Å². The number of allylic oxidation sites excluding steroid dienone is 5. The maximum Gasteiger partial charge on any atom is 0.266 e. The highest BCUT2D eigenvalue weighted by Gasteiger charge is 2.59. The molecule has 0 saturated heterocycles. The van der Waals surface area contributed by atoms with E-state index in [-0.39, 0.29) is 97.3 Å². The summed E-state index contributed by atoms with van der Waals surface area (Å²) in [4.78, 5) is 85.4. The summed E-state index contributed by atoms with van der Waals surface area (Å²) in [5.74, 6) is -0.348. The molecule has 30 nitrogen and oxygen atoms in total. The summed E-state index contributed by atoms with van der Waals surface area (Å²) in [6.07, 6.45) is 13.6. The van der Waals surface area contributed by atoms with Gasteiger partial charge in [0.15, 0.2) is 0 Å². The molecule has 7 amide bonds. The smallest absolute Gasteiger partial charge is 0.266 e. The Hall–Kier alpha value is -14.3. The Bertz CT molecular complexity index is 7120. The van der Waals surface area contributed by atoms with Crippen molar-refractivity contribution < 1.29 is 99.3 Å². The second-order valence-electron chi connectivity index (χ2n) is 37.5. The molecule has 0 radical (unpaired) electrons. The molecule has 2 heterocycles. The Morgan fingerprint density at radius 3 is 1.12 bits per heavy atom. The van der Waals surface area contributed by atoms with E-state index in [2.05, 4.69) is 84.6 Å². The third kappa shape index (κ3) is 25.5. The average molecular weight is 2050 g/mol. The lowest BCUT2D eigenvalue weighted by Crippen LogP contribution is -2.37. The van der Waals surface area contributed by atoms with Gasteiger partial charge in [-0.2, -0.15) is 0 Å². The number of nitrogens with one attached hydrogen (secondary N) is 8. The Labute approximate surface area is 841 Å². The second kappa shape index (κ2) is 44.3. The molecule has 144 heavy (non-hydrogen) atoms. The van der Waals surface area contributed by atoms with Crippen molar-refractivity contribution in [3.8, 4) is 28.7 Å². The van der Waals surface area contributed by atoms with Gasteiger partial charge in [-0.3, -0.25) is 33.6 Å². The van der Waals surface area contributed by atoms with Crippen molar-refractivity contribution in [2.24, 2.45) is 56.7 Å². The largest absolute Gasteiger partial charge is 0.493 e. The first-order valence-corrected chi connectivity index (χ1v) is 54.0. The number of hydrogen-bond donors (Lipinski definition) is 8. The van der Waals surface area contributed by atoms with Gasteiger partial charge >= 0.3 is 0 Å². The molecule has 5 saturated carbocycles. The zero-order valence-electron chi connectivity index (χ0n) is 81.1. The molecule has 12 atom stereocenters. The molecule has 2 unspecified atom stereocenters. The first-order chi connectivity index (χ1) is 68.3. The van der Waals surface area contributed by atoms with Gasteiger partial charge in [0.05, 0.1) is 60.5 Å². The summed E-state index contributed by atoms with van der Waals surface area (Å²) >= 11 is 0. The number of sulfonamides is 5. The SMILES string of the molecule is C=C[C@@H]1C[C@]1(C)C(=O)NS(=O)(=O)c1cc(COc2ccccc2)ccc1NC(C)=O.C=C[C@@H]1C[C@]1(C)C(=O)NS(=O)(=O)c1ccc2c(c1)OC(c1ccccc1)CC2.C=C[C@@H]1C[C@]1(C)C(=O)NS(=O)(=O)c1ccc2c(c1)OCC(c1ccccc1)C2.C=C[C@@H]1C[C@]1(C)C(=O)NS(=O)(=O)c1cccc(COc2ccccc2)c1NC.C=C[C@@H]1C[C@]1(C)C(=O)NS(=O)(=O)c1cccc(COc2ccccc2)c1NC(C)=O. The highest BCUT2D eigenvalue weighted by Crippen LogP contribution is 2.57. The van der Waals surface area contributed by atoms with Crippen LogP contribution in [0.2, 0.25) is 0 Å². The van der Waals surface area contributed by atoms with E-state index in [1.54, 1.807) is 139 Å². The third-order valence-corrected chi connectivity index (χ3v) is 33.9. The predicted molar refractivity (Wildman–Crippen MR) is 548 cm³/mol. The van der Waals surface area contributed by atoms with Crippen molar-refractivity contribution in [1.82, 2.24) is 23.6 Å². The van der Waals surface area contributed by atoms with Crippen LogP contribution < -0.4 is 63.2 Å². The van der Waals surface area contributed by atoms with E-state index in [0.717, 1.165) is 36.0 Å². The van der Waals surface area contributed by atoms with Crippen molar-refractivity contribution in [2.45, 2.75) is 156 Å². The second-order valence-corrected chi connectivity index (χ2v) is 45.9. The monoisotopic (exact) mass is 2050 g/mol. The van der Waals surface area contributed by atoms with Gasteiger partial charge in [0.2, 0.25) is 41.4 Å². The molecule has 5 fully saturated rings. The quantitative estimate of drug-likeness (QED) is 0.0174. The van der Waals surface area contributed by atoms with Gasteiger partial charge in [0.25, 0.3) is 50.1 Å². The lowest BCUT2D eigenvalue weighted by Gasteiger charge is -2.27. The number of para-hydroxylation sites is 5. The van der Waals surface area contributed by atoms with Crippen LogP contribution in [0.5, 0.6) is 28.7 Å². The number of hydrogen-bond acceptors (Lipinski definition) is 23. The Morgan fingerprint density at radius 1 is 0.375 bits per heavy atom. The van der Waals surface area contributed by atoms with Gasteiger partial charge in [0, 0.05) is 50.1 Å². The molecular weight excluding hydrogens is 1930 g/mol. The van der Waals surface area contributed by atoms with Crippen molar-refractivity contribution in [2.75, 3.05) is 29.6 Å². The van der Waals surface area contributed by atoms with Crippen LogP contribution in [0.4, 0.5) is 17.1 Å². The zero-order chi connectivity index (χ0) is 104. The molecule has 8 N–H and O–H groups in total.